The van der Waals surface area contributed by atoms with Crippen LogP contribution in [0.1, 0.15) is 18.4 Å². The number of anilines is 1. The van der Waals surface area contributed by atoms with Crippen molar-refractivity contribution in [2.45, 2.75) is 24.4 Å². The second kappa shape index (κ2) is 4.27. The van der Waals surface area contributed by atoms with Crippen molar-refractivity contribution in [3.8, 4) is 0 Å². The van der Waals surface area contributed by atoms with Crippen molar-refractivity contribution in [3.05, 3.63) is 29.6 Å². The summed E-state index contributed by atoms with van der Waals surface area (Å²) < 4.78 is 13.3. The molecular weight excluding hydrogens is 219 g/mol. The van der Waals surface area contributed by atoms with Crippen LogP contribution in [0.2, 0.25) is 0 Å². The minimum Gasteiger partial charge on any atom is -0.393 e. The lowest BCUT2D eigenvalue weighted by atomic mass is 9.62. The largest absolute Gasteiger partial charge is 0.393 e. The van der Waals surface area contributed by atoms with E-state index in [9.17, 15) is 9.50 Å². The topological polar surface area (TPSA) is 49.5 Å². The summed E-state index contributed by atoms with van der Waals surface area (Å²) in [6.07, 6.45) is 1.05. The summed E-state index contributed by atoms with van der Waals surface area (Å²) in [5.74, 6) is -0.246. The summed E-state index contributed by atoms with van der Waals surface area (Å²) in [6.45, 7) is 0.483. The standard InChI is InChI=1S/C13H19FN2O/c1-16(2)12-5-9(14)3-4-11(12)13(8-15)6-10(17)7-13/h3-5,10,17H,6-8,15H2,1-2H3. The highest BCUT2D eigenvalue weighted by atomic mass is 19.1. The number of benzene rings is 1. The molecule has 1 aromatic rings. The Balaban J connectivity index is 2.44. The van der Waals surface area contributed by atoms with Crippen LogP contribution in [-0.2, 0) is 5.41 Å². The van der Waals surface area contributed by atoms with Crippen LogP contribution in [0, 0.1) is 5.82 Å². The van der Waals surface area contributed by atoms with Gasteiger partial charge in [0.25, 0.3) is 0 Å². The fourth-order valence-corrected chi connectivity index (χ4v) is 2.66. The summed E-state index contributed by atoms with van der Waals surface area (Å²) in [5.41, 5.74) is 7.55. The lowest BCUT2D eigenvalue weighted by Crippen LogP contribution is -2.50. The third-order valence-corrected chi connectivity index (χ3v) is 3.66. The van der Waals surface area contributed by atoms with Crippen molar-refractivity contribution < 1.29 is 9.50 Å². The minimum absolute atomic E-state index is 0.188. The molecule has 94 valence electrons. The molecule has 1 aliphatic carbocycles. The molecule has 0 aliphatic heterocycles. The summed E-state index contributed by atoms with van der Waals surface area (Å²) >= 11 is 0. The highest BCUT2D eigenvalue weighted by Gasteiger charge is 2.45. The molecule has 1 aromatic carbocycles. The molecule has 0 spiro atoms. The predicted octanol–water partition coefficient (Wildman–Crippen LogP) is 1.24. The van der Waals surface area contributed by atoms with Crippen molar-refractivity contribution in [1.29, 1.82) is 0 Å². The number of halogens is 1. The normalized spacial score (nSPS) is 27.7. The fourth-order valence-electron chi connectivity index (χ4n) is 2.66. The number of aliphatic hydroxyl groups excluding tert-OH is 1. The molecule has 1 saturated carbocycles. The number of aliphatic hydroxyl groups is 1. The lowest BCUT2D eigenvalue weighted by Gasteiger charge is -2.46. The zero-order valence-corrected chi connectivity index (χ0v) is 10.3. The first-order valence-electron chi connectivity index (χ1n) is 5.84. The summed E-state index contributed by atoms with van der Waals surface area (Å²) in [4.78, 5) is 1.89. The van der Waals surface area contributed by atoms with Gasteiger partial charge in [0.1, 0.15) is 5.82 Å². The quantitative estimate of drug-likeness (QED) is 0.833. The van der Waals surface area contributed by atoms with Crippen LogP contribution in [0.25, 0.3) is 0 Å². The first kappa shape index (κ1) is 12.3. The molecule has 2 rings (SSSR count). The Kier molecular flexibility index (Phi) is 3.10. The van der Waals surface area contributed by atoms with E-state index in [1.54, 1.807) is 6.07 Å². The van der Waals surface area contributed by atoms with Gasteiger partial charge in [-0.15, -0.1) is 0 Å². The molecule has 0 amide bonds. The van der Waals surface area contributed by atoms with Gasteiger partial charge in [0.15, 0.2) is 0 Å². The third-order valence-electron chi connectivity index (χ3n) is 3.66. The van der Waals surface area contributed by atoms with Gasteiger partial charge in [-0.05, 0) is 30.5 Å². The van der Waals surface area contributed by atoms with Crippen LogP contribution < -0.4 is 10.6 Å². The van der Waals surface area contributed by atoms with E-state index in [1.807, 2.05) is 19.0 Å². The van der Waals surface area contributed by atoms with E-state index in [4.69, 9.17) is 5.73 Å². The summed E-state index contributed by atoms with van der Waals surface area (Å²) in [5, 5.41) is 9.52. The molecule has 0 radical (unpaired) electrons. The number of hydrogen-bond donors (Lipinski definition) is 2. The number of hydrogen-bond acceptors (Lipinski definition) is 3. The van der Waals surface area contributed by atoms with Crippen molar-refractivity contribution in [1.82, 2.24) is 0 Å². The van der Waals surface area contributed by atoms with Gasteiger partial charge < -0.3 is 15.7 Å². The van der Waals surface area contributed by atoms with Crippen molar-refractivity contribution >= 4 is 5.69 Å². The van der Waals surface area contributed by atoms with Gasteiger partial charge in [-0.1, -0.05) is 6.07 Å². The van der Waals surface area contributed by atoms with Gasteiger partial charge in [-0.2, -0.15) is 0 Å². The van der Waals surface area contributed by atoms with Gasteiger partial charge in [-0.3, -0.25) is 0 Å². The average Bonchev–Trinajstić information content (AvgIpc) is 2.24. The highest BCUT2D eigenvalue weighted by Crippen LogP contribution is 2.46. The van der Waals surface area contributed by atoms with Gasteiger partial charge >= 0.3 is 0 Å². The second-order valence-corrected chi connectivity index (χ2v) is 5.10. The Bertz CT molecular complexity index is 414. The van der Waals surface area contributed by atoms with Crippen LogP contribution in [0.15, 0.2) is 18.2 Å². The monoisotopic (exact) mass is 238 g/mol. The molecule has 1 aliphatic rings. The Morgan fingerprint density at radius 3 is 2.59 bits per heavy atom. The van der Waals surface area contributed by atoms with Gasteiger partial charge in [0, 0.05) is 31.7 Å². The molecular formula is C13H19FN2O. The molecule has 0 saturated heterocycles. The fraction of sp³-hybridized carbons (Fsp3) is 0.538. The minimum atomic E-state index is -0.279. The van der Waals surface area contributed by atoms with Crippen molar-refractivity contribution in [2.24, 2.45) is 5.73 Å². The maximum absolute atomic E-state index is 13.3. The SMILES string of the molecule is CN(C)c1cc(F)ccc1C1(CN)CC(O)C1. The molecule has 0 heterocycles. The molecule has 0 aromatic heterocycles. The molecule has 4 heteroatoms. The van der Waals surface area contributed by atoms with Gasteiger partial charge in [0.05, 0.1) is 6.10 Å². The maximum Gasteiger partial charge on any atom is 0.125 e. The molecule has 0 unspecified atom stereocenters. The van der Waals surface area contributed by atoms with Crippen LogP contribution >= 0.6 is 0 Å². The van der Waals surface area contributed by atoms with E-state index < -0.39 is 0 Å². The number of rotatable bonds is 3. The first-order chi connectivity index (χ1) is 7.98. The van der Waals surface area contributed by atoms with Crippen molar-refractivity contribution in [3.63, 3.8) is 0 Å². The predicted molar refractivity (Wildman–Crippen MR) is 66.7 cm³/mol. The third kappa shape index (κ3) is 2.03. The van der Waals surface area contributed by atoms with E-state index >= 15 is 0 Å². The summed E-state index contributed by atoms with van der Waals surface area (Å²) in [7, 11) is 3.77. The maximum atomic E-state index is 13.3. The molecule has 3 N–H and O–H groups in total. The number of nitrogens with two attached hydrogens (primary N) is 1. The number of nitrogens with zero attached hydrogens (tertiary/aromatic N) is 1. The van der Waals surface area contributed by atoms with Gasteiger partial charge in [-0.25, -0.2) is 4.39 Å². The molecule has 0 atom stereocenters. The van der Waals surface area contributed by atoms with Gasteiger partial charge in [0.2, 0.25) is 0 Å². The zero-order chi connectivity index (χ0) is 12.6. The van der Waals surface area contributed by atoms with Crippen LogP contribution in [0.4, 0.5) is 10.1 Å². The van der Waals surface area contributed by atoms with E-state index in [-0.39, 0.29) is 17.3 Å². The Hall–Kier alpha value is -1.13. The van der Waals surface area contributed by atoms with Crippen LogP contribution in [0.5, 0.6) is 0 Å². The Labute approximate surface area is 101 Å². The van der Waals surface area contributed by atoms with E-state index in [1.165, 1.54) is 12.1 Å². The summed E-state index contributed by atoms with van der Waals surface area (Å²) in [6, 6.07) is 4.78. The molecule has 0 bridgehead atoms. The van der Waals surface area contributed by atoms with E-state index in [2.05, 4.69) is 0 Å². The smallest absolute Gasteiger partial charge is 0.125 e. The van der Waals surface area contributed by atoms with Crippen LogP contribution in [0.3, 0.4) is 0 Å². The van der Waals surface area contributed by atoms with Crippen LogP contribution in [-0.4, -0.2) is 31.9 Å². The van der Waals surface area contributed by atoms with E-state index in [0.717, 1.165) is 11.3 Å². The lowest BCUT2D eigenvalue weighted by molar-refractivity contribution is 0.0224. The average molecular weight is 238 g/mol. The molecule has 3 nitrogen and oxygen atoms in total. The van der Waals surface area contributed by atoms with Crippen molar-refractivity contribution in [2.75, 3.05) is 25.5 Å². The molecule has 17 heavy (non-hydrogen) atoms. The zero-order valence-electron chi connectivity index (χ0n) is 10.3. The second-order valence-electron chi connectivity index (χ2n) is 5.10. The highest BCUT2D eigenvalue weighted by molar-refractivity contribution is 5.57. The first-order valence-corrected chi connectivity index (χ1v) is 5.84. The van der Waals surface area contributed by atoms with E-state index in [0.29, 0.717) is 19.4 Å². The Morgan fingerprint density at radius 2 is 2.12 bits per heavy atom. The molecule has 1 fully saturated rings. The Morgan fingerprint density at radius 1 is 1.47 bits per heavy atom.